The van der Waals surface area contributed by atoms with Gasteiger partial charge in [0.15, 0.2) is 6.61 Å². The predicted octanol–water partition coefficient (Wildman–Crippen LogP) is 2.38. The van der Waals surface area contributed by atoms with E-state index in [0.717, 1.165) is 16.2 Å². The molecule has 118 valence electrons. The molecule has 0 spiro atoms. The van der Waals surface area contributed by atoms with E-state index in [0.29, 0.717) is 12.1 Å². The number of esters is 1. The van der Waals surface area contributed by atoms with Gasteiger partial charge in [0.1, 0.15) is 12.4 Å². The average molecular weight is 329 g/mol. The van der Waals surface area contributed by atoms with Crippen LogP contribution in [-0.2, 0) is 20.9 Å². The second-order valence-electron chi connectivity index (χ2n) is 4.93. The van der Waals surface area contributed by atoms with E-state index in [9.17, 15) is 9.59 Å². The van der Waals surface area contributed by atoms with Crippen LogP contribution in [0.3, 0.4) is 0 Å². The number of thiophene rings is 1. The summed E-state index contributed by atoms with van der Waals surface area (Å²) in [5.41, 5.74) is 1.22. The van der Waals surface area contributed by atoms with Gasteiger partial charge >= 0.3 is 5.97 Å². The highest BCUT2D eigenvalue weighted by molar-refractivity contribution is 7.09. The summed E-state index contributed by atoms with van der Waals surface area (Å²) in [6.45, 7) is 0.281. The molecule has 23 heavy (non-hydrogen) atoms. The fourth-order valence-electron chi connectivity index (χ4n) is 2.11. The van der Waals surface area contributed by atoms with Crippen molar-refractivity contribution < 1.29 is 19.1 Å². The van der Waals surface area contributed by atoms with E-state index in [4.69, 9.17) is 9.47 Å². The molecule has 0 aliphatic carbocycles. The number of amides is 1. The minimum atomic E-state index is -0.536. The Hall–Kier alpha value is -2.60. The predicted molar refractivity (Wildman–Crippen MR) is 87.0 cm³/mol. The number of para-hydroxylation sites is 1. The van der Waals surface area contributed by atoms with Crippen molar-refractivity contribution in [3.8, 4) is 5.75 Å². The van der Waals surface area contributed by atoms with Crippen LogP contribution < -0.4 is 10.1 Å². The van der Waals surface area contributed by atoms with Gasteiger partial charge in [0.05, 0.1) is 12.1 Å². The molecular weight excluding hydrogens is 314 g/mol. The molecule has 5 nitrogen and oxygen atoms in total. The van der Waals surface area contributed by atoms with E-state index in [1.165, 1.54) is 0 Å². The maximum absolute atomic E-state index is 12.0. The normalized spacial score (nSPS) is 12.6. The van der Waals surface area contributed by atoms with Crippen LogP contribution in [0.15, 0.2) is 47.4 Å². The molecule has 1 aliphatic heterocycles. The monoisotopic (exact) mass is 329 g/mol. The van der Waals surface area contributed by atoms with Gasteiger partial charge in [-0.15, -0.1) is 11.3 Å². The number of nitrogens with one attached hydrogen (secondary N) is 1. The lowest BCUT2D eigenvalue weighted by Crippen LogP contribution is -2.29. The standard InChI is InChI=1S/C17H15NO4S/c19-16(18-9-14-5-3-7-23-14)11-22-17(20)13-8-12-4-1-2-6-15(12)21-10-13/h1-8H,9-11H2,(H,18,19). The second kappa shape index (κ2) is 7.11. The first-order valence-electron chi connectivity index (χ1n) is 7.11. The first kappa shape index (κ1) is 15.3. The number of carbonyl (C=O) groups excluding carboxylic acids is 2. The number of rotatable bonds is 5. The number of hydrogen-bond acceptors (Lipinski definition) is 5. The molecule has 0 fully saturated rings. The molecule has 0 atom stereocenters. The molecule has 1 aromatic heterocycles. The average Bonchev–Trinajstić information content (AvgIpc) is 3.11. The third kappa shape index (κ3) is 3.98. The van der Waals surface area contributed by atoms with Crippen molar-refractivity contribution >= 4 is 29.3 Å². The summed E-state index contributed by atoms with van der Waals surface area (Å²) < 4.78 is 10.5. The highest BCUT2D eigenvalue weighted by Gasteiger charge is 2.19. The van der Waals surface area contributed by atoms with E-state index in [-0.39, 0.29) is 19.1 Å². The van der Waals surface area contributed by atoms with Crippen LogP contribution in [0, 0.1) is 0 Å². The molecule has 0 unspecified atom stereocenters. The lowest BCUT2D eigenvalue weighted by Gasteiger charge is -2.16. The van der Waals surface area contributed by atoms with Crippen molar-refractivity contribution in [2.24, 2.45) is 0 Å². The summed E-state index contributed by atoms with van der Waals surface area (Å²) in [6, 6.07) is 11.3. The van der Waals surface area contributed by atoms with E-state index < -0.39 is 5.97 Å². The highest BCUT2D eigenvalue weighted by Crippen LogP contribution is 2.25. The van der Waals surface area contributed by atoms with Crippen molar-refractivity contribution in [1.29, 1.82) is 0 Å². The molecule has 1 aromatic carbocycles. The molecule has 0 saturated heterocycles. The number of benzene rings is 1. The molecule has 3 rings (SSSR count). The van der Waals surface area contributed by atoms with Crippen molar-refractivity contribution in [3.05, 3.63) is 57.8 Å². The number of fused-ring (bicyclic) bond motifs is 1. The number of ether oxygens (including phenoxy) is 2. The summed E-state index contributed by atoms with van der Waals surface area (Å²) in [6.07, 6.45) is 1.73. The minimum Gasteiger partial charge on any atom is -0.488 e. The maximum Gasteiger partial charge on any atom is 0.338 e. The van der Waals surface area contributed by atoms with Crippen molar-refractivity contribution in [1.82, 2.24) is 5.32 Å². The zero-order valence-corrected chi connectivity index (χ0v) is 13.1. The van der Waals surface area contributed by atoms with Crippen LogP contribution in [0.5, 0.6) is 5.75 Å². The highest BCUT2D eigenvalue weighted by atomic mass is 32.1. The molecule has 0 saturated carbocycles. The summed E-state index contributed by atoms with van der Waals surface area (Å²) in [7, 11) is 0. The third-order valence-electron chi connectivity index (χ3n) is 3.27. The zero-order valence-electron chi connectivity index (χ0n) is 12.3. The van der Waals surface area contributed by atoms with Crippen LogP contribution in [0.4, 0.5) is 0 Å². The fraction of sp³-hybridized carbons (Fsp3) is 0.176. The Balaban J connectivity index is 1.50. The Morgan fingerprint density at radius 1 is 1.22 bits per heavy atom. The molecular formula is C17H15NO4S. The molecule has 1 aliphatic rings. The van der Waals surface area contributed by atoms with Gasteiger partial charge in [0.25, 0.3) is 5.91 Å². The minimum absolute atomic E-state index is 0.145. The van der Waals surface area contributed by atoms with Gasteiger partial charge in [0.2, 0.25) is 0 Å². The SMILES string of the molecule is O=C(COC(=O)C1=Cc2ccccc2OC1)NCc1cccs1. The van der Waals surface area contributed by atoms with Gasteiger partial charge in [-0.25, -0.2) is 4.79 Å². The molecule has 1 N–H and O–H groups in total. The topological polar surface area (TPSA) is 64.6 Å². The Bertz CT molecular complexity index is 737. The Labute approximate surface area is 137 Å². The van der Waals surface area contributed by atoms with E-state index in [1.54, 1.807) is 17.4 Å². The summed E-state index contributed by atoms with van der Waals surface area (Å²) in [5.74, 6) is -0.131. The van der Waals surface area contributed by atoms with Gasteiger partial charge in [-0.05, 0) is 23.6 Å². The van der Waals surface area contributed by atoms with Crippen LogP contribution in [-0.4, -0.2) is 25.1 Å². The lowest BCUT2D eigenvalue weighted by atomic mass is 10.1. The molecule has 0 radical (unpaired) electrons. The molecule has 2 heterocycles. The van der Waals surface area contributed by atoms with E-state index >= 15 is 0 Å². The van der Waals surface area contributed by atoms with Gasteiger partial charge < -0.3 is 14.8 Å². The van der Waals surface area contributed by atoms with E-state index in [2.05, 4.69) is 5.32 Å². The Kier molecular flexibility index (Phi) is 4.73. The van der Waals surface area contributed by atoms with Crippen LogP contribution in [0.2, 0.25) is 0 Å². The van der Waals surface area contributed by atoms with Gasteiger partial charge in [-0.1, -0.05) is 24.3 Å². The van der Waals surface area contributed by atoms with Crippen molar-refractivity contribution in [2.75, 3.05) is 13.2 Å². The first-order chi connectivity index (χ1) is 11.2. The Morgan fingerprint density at radius 2 is 2.09 bits per heavy atom. The maximum atomic E-state index is 12.0. The number of hydrogen-bond donors (Lipinski definition) is 1. The van der Waals surface area contributed by atoms with Gasteiger partial charge in [-0.3, -0.25) is 4.79 Å². The van der Waals surface area contributed by atoms with Crippen LogP contribution >= 0.6 is 11.3 Å². The molecule has 2 aromatic rings. The fourth-order valence-corrected chi connectivity index (χ4v) is 2.75. The van der Waals surface area contributed by atoms with E-state index in [1.807, 2.05) is 41.8 Å². The Morgan fingerprint density at radius 3 is 2.91 bits per heavy atom. The van der Waals surface area contributed by atoms with Gasteiger partial charge in [0, 0.05) is 10.4 Å². The summed E-state index contributed by atoms with van der Waals surface area (Å²) in [5, 5.41) is 4.64. The van der Waals surface area contributed by atoms with Crippen LogP contribution in [0.25, 0.3) is 6.08 Å². The van der Waals surface area contributed by atoms with Crippen LogP contribution in [0.1, 0.15) is 10.4 Å². The molecule has 1 amide bonds. The van der Waals surface area contributed by atoms with Crippen molar-refractivity contribution in [2.45, 2.75) is 6.54 Å². The number of carbonyl (C=O) groups is 2. The quantitative estimate of drug-likeness (QED) is 0.856. The van der Waals surface area contributed by atoms with Gasteiger partial charge in [-0.2, -0.15) is 0 Å². The largest absolute Gasteiger partial charge is 0.488 e. The molecule has 0 bridgehead atoms. The smallest absolute Gasteiger partial charge is 0.338 e. The first-order valence-corrected chi connectivity index (χ1v) is 7.99. The summed E-state index contributed by atoms with van der Waals surface area (Å²) in [4.78, 5) is 24.7. The lowest BCUT2D eigenvalue weighted by molar-refractivity contribution is -0.145. The molecule has 6 heteroatoms. The summed E-state index contributed by atoms with van der Waals surface area (Å²) >= 11 is 1.56. The van der Waals surface area contributed by atoms with Crippen molar-refractivity contribution in [3.63, 3.8) is 0 Å². The third-order valence-corrected chi connectivity index (χ3v) is 4.14. The zero-order chi connectivity index (χ0) is 16.1. The second-order valence-corrected chi connectivity index (χ2v) is 5.96.